The van der Waals surface area contributed by atoms with Crippen LogP contribution >= 0.6 is 24.2 Å². The quantitative estimate of drug-likeness (QED) is 0.804. The van der Waals surface area contributed by atoms with Crippen LogP contribution in [0.5, 0.6) is 0 Å². The Bertz CT molecular complexity index is 496. The van der Waals surface area contributed by atoms with Crippen molar-refractivity contribution >= 4 is 30.1 Å². The molecular formula is C17H27ClN2OS. The molecule has 0 radical (unpaired) electrons. The van der Waals surface area contributed by atoms with E-state index in [1.54, 1.807) is 11.8 Å². The minimum Gasteiger partial charge on any atom is -0.338 e. The molecule has 1 atom stereocenters. The lowest BCUT2D eigenvalue weighted by Gasteiger charge is -2.24. The first-order valence-corrected chi connectivity index (χ1v) is 8.74. The van der Waals surface area contributed by atoms with Gasteiger partial charge in [-0.1, -0.05) is 6.07 Å². The summed E-state index contributed by atoms with van der Waals surface area (Å²) in [6, 6.07) is 6.92. The summed E-state index contributed by atoms with van der Waals surface area (Å²) in [6.45, 7) is 6.11. The molecule has 1 N–H and O–H groups in total. The number of carbonyl (C=O) groups excluding carboxylic acids is 1. The van der Waals surface area contributed by atoms with Gasteiger partial charge in [-0.3, -0.25) is 4.79 Å². The summed E-state index contributed by atoms with van der Waals surface area (Å²) in [5.74, 6) is 1.17. The molecule has 1 amide bonds. The van der Waals surface area contributed by atoms with Crippen molar-refractivity contribution < 1.29 is 4.79 Å². The normalized spacial score (nSPS) is 17.4. The lowest BCUT2D eigenvalue weighted by molar-refractivity contribution is -0.131. The fraction of sp³-hybridized carbons (Fsp3) is 0.588. The van der Waals surface area contributed by atoms with Gasteiger partial charge < -0.3 is 10.2 Å². The predicted molar refractivity (Wildman–Crippen MR) is 97.2 cm³/mol. The maximum atomic E-state index is 12.3. The third kappa shape index (κ3) is 5.18. The minimum atomic E-state index is 0. The number of halogens is 1. The van der Waals surface area contributed by atoms with Crippen LogP contribution in [0.4, 0.5) is 0 Å². The zero-order valence-electron chi connectivity index (χ0n) is 13.7. The van der Waals surface area contributed by atoms with Gasteiger partial charge in [0.1, 0.15) is 0 Å². The van der Waals surface area contributed by atoms with Crippen molar-refractivity contribution in [3.8, 4) is 0 Å². The molecule has 1 aliphatic heterocycles. The molecule has 0 aliphatic carbocycles. The summed E-state index contributed by atoms with van der Waals surface area (Å²) in [4.78, 5) is 15.7. The molecule has 5 heteroatoms. The van der Waals surface area contributed by atoms with Crippen molar-refractivity contribution in [3.63, 3.8) is 0 Å². The van der Waals surface area contributed by atoms with Crippen molar-refractivity contribution in [2.24, 2.45) is 0 Å². The summed E-state index contributed by atoms with van der Waals surface area (Å²) in [7, 11) is 1.95. The number of hydrogen-bond donors (Lipinski definition) is 1. The Kier molecular flexibility index (Phi) is 8.29. The fourth-order valence-electron chi connectivity index (χ4n) is 2.82. The molecule has 3 nitrogen and oxygen atoms in total. The molecule has 1 heterocycles. The second-order valence-corrected chi connectivity index (χ2v) is 6.95. The Labute approximate surface area is 144 Å². The van der Waals surface area contributed by atoms with Gasteiger partial charge in [-0.25, -0.2) is 0 Å². The lowest BCUT2D eigenvalue weighted by Crippen LogP contribution is -2.40. The van der Waals surface area contributed by atoms with E-state index in [-0.39, 0.29) is 12.4 Å². The van der Waals surface area contributed by atoms with E-state index in [4.69, 9.17) is 0 Å². The fourth-order valence-corrected chi connectivity index (χ4v) is 3.75. The Morgan fingerprint density at radius 3 is 2.82 bits per heavy atom. The Morgan fingerprint density at radius 2 is 2.14 bits per heavy atom. The first kappa shape index (κ1) is 19.3. The number of hydrogen-bond acceptors (Lipinski definition) is 3. The highest BCUT2D eigenvalue weighted by Gasteiger charge is 2.27. The maximum absolute atomic E-state index is 12.3. The van der Waals surface area contributed by atoms with E-state index in [1.807, 2.05) is 7.05 Å². The highest BCUT2D eigenvalue weighted by Crippen LogP contribution is 2.23. The van der Waals surface area contributed by atoms with E-state index in [9.17, 15) is 4.79 Å². The first-order valence-electron chi connectivity index (χ1n) is 7.76. The second-order valence-electron chi connectivity index (χ2n) is 5.79. The summed E-state index contributed by atoms with van der Waals surface area (Å²) < 4.78 is 0. The molecule has 22 heavy (non-hydrogen) atoms. The lowest BCUT2D eigenvalue weighted by atomic mass is 10.1. The van der Waals surface area contributed by atoms with Gasteiger partial charge >= 0.3 is 0 Å². The van der Waals surface area contributed by atoms with Gasteiger partial charge in [0.25, 0.3) is 0 Å². The van der Waals surface area contributed by atoms with Crippen molar-refractivity contribution in [1.29, 1.82) is 0 Å². The number of aryl methyl sites for hydroxylation is 2. The number of carbonyl (C=O) groups is 1. The highest BCUT2D eigenvalue weighted by molar-refractivity contribution is 7.99. The summed E-state index contributed by atoms with van der Waals surface area (Å²) in [5.41, 5.74) is 2.64. The number of amides is 1. The van der Waals surface area contributed by atoms with Crippen LogP contribution in [0.3, 0.4) is 0 Å². The first-order chi connectivity index (χ1) is 10.1. The summed E-state index contributed by atoms with van der Waals surface area (Å²) >= 11 is 1.78. The number of nitrogens with one attached hydrogen (secondary N) is 1. The van der Waals surface area contributed by atoms with E-state index >= 15 is 0 Å². The van der Waals surface area contributed by atoms with Gasteiger partial charge in [0.2, 0.25) is 5.91 Å². The van der Waals surface area contributed by atoms with E-state index < -0.39 is 0 Å². The molecule has 0 saturated carbocycles. The molecule has 1 saturated heterocycles. The smallest absolute Gasteiger partial charge is 0.223 e. The van der Waals surface area contributed by atoms with Crippen LogP contribution in [0, 0.1) is 13.8 Å². The number of likely N-dealkylation sites (N-methyl/N-ethyl adjacent to an activating group) is 1. The SMILES string of the molecule is CNCC1CCCN1C(=O)CCSc1ccc(C)c(C)c1.Cl. The predicted octanol–water partition coefficient (Wildman–Crippen LogP) is 3.42. The molecule has 0 bridgehead atoms. The summed E-state index contributed by atoms with van der Waals surface area (Å²) in [6.07, 6.45) is 2.91. The van der Waals surface area contributed by atoms with Crippen LogP contribution in [0.1, 0.15) is 30.4 Å². The van der Waals surface area contributed by atoms with Crippen LogP contribution < -0.4 is 5.32 Å². The maximum Gasteiger partial charge on any atom is 0.223 e. The van der Waals surface area contributed by atoms with Crippen LogP contribution in [0.15, 0.2) is 23.1 Å². The van der Waals surface area contributed by atoms with Gasteiger partial charge in [0.15, 0.2) is 0 Å². The molecule has 1 fully saturated rings. The Morgan fingerprint density at radius 1 is 1.36 bits per heavy atom. The van der Waals surface area contributed by atoms with Gasteiger partial charge in [-0.2, -0.15) is 0 Å². The Balaban J connectivity index is 0.00000242. The van der Waals surface area contributed by atoms with E-state index in [2.05, 4.69) is 42.3 Å². The molecule has 0 spiro atoms. The third-order valence-corrected chi connectivity index (χ3v) is 5.20. The van der Waals surface area contributed by atoms with Crippen molar-refractivity contribution in [3.05, 3.63) is 29.3 Å². The van der Waals surface area contributed by atoms with Crippen molar-refractivity contribution in [2.45, 2.75) is 44.0 Å². The van der Waals surface area contributed by atoms with Gasteiger partial charge in [0.05, 0.1) is 0 Å². The number of nitrogens with zero attached hydrogens (tertiary/aromatic N) is 1. The number of thioether (sulfide) groups is 1. The molecule has 1 aromatic carbocycles. The number of rotatable bonds is 6. The molecule has 1 aliphatic rings. The second kappa shape index (κ2) is 9.43. The average molecular weight is 343 g/mol. The number of likely N-dealkylation sites (tertiary alicyclic amines) is 1. The van der Waals surface area contributed by atoms with Crippen LogP contribution in [-0.4, -0.2) is 42.7 Å². The van der Waals surface area contributed by atoms with Crippen LogP contribution in [-0.2, 0) is 4.79 Å². The zero-order valence-corrected chi connectivity index (χ0v) is 15.4. The van der Waals surface area contributed by atoms with Gasteiger partial charge in [-0.15, -0.1) is 24.2 Å². The van der Waals surface area contributed by atoms with E-state index in [0.717, 1.165) is 31.7 Å². The van der Waals surface area contributed by atoms with Gasteiger partial charge in [0, 0.05) is 36.2 Å². The average Bonchev–Trinajstić information content (AvgIpc) is 2.91. The topological polar surface area (TPSA) is 32.3 Å². The molecule has 0 aromatic heterocycles. The monoisotopic (exact) mass is 342 g/mol. The minimum absolute atomic E-state index is 0. The molecule has 124 valence electrons. The van der Waals surface area contributed by atoms with E-state index in [0.29, 0.717) is 18.4 Å². The van der Waals surface area contributed by atoms with Gasteiger partial charge in [-0.05, 0) is 57.0 Å². The van der Waals surface area contributed by atoms with Crippen molar-refractivity contribution in [2.75, 3.05) is 25.9 Å². The molecule has 1 aromatic rings. The standard InChI is InChI=1S/C17H26N2OS.ClH/c1-13-6-7-16(11-14(13)2)21-10-8-17(20)19-9-4-5-15(19)12-18-3;/h6-7,11,15,18H,4-5,8-10,12H2,1-3H3;1H. The van der Waals surface area contributed by atoms with Crippen molar-refractivity contribution in [1.82, 2.24) is 10.2 Å². The highest BCUT2D eigenvalue weighted by atomic mass is 35.5. The summed E-state index contributed by atoms with van der Waals surface area (Å²) in [5, 5.41) is 3.19. The number of benzene rings is 1. The zero-order chi connectivity index (χ0) is 15.2. The van der Waals surface area contributed by atoms with E-state index in [1.165, 1.54) is 16.0 Å². The molecular weight excluding hydrogens is 316 g/mol. The largest absolute Gasteiger partial charge is 0.338 e. The molecule has 1 unspecified atom stereocenters. The van der Waals surface area contributed by atoms with Crippen LogP contribution in [0.25, 0.3) is 0 Å². The van der Waals surface area contributed by atoms with Crippen LogP contribution in [0.2, 0.25) is 0 Å². The molecule has 2 rings (SSSR count). The Hall–Kier alpha value is -0.710. The third-order valence-electron chi connectivity index (χ3n) is 4.20.